The van der Waals surface area contributed by atoms with Crippen LogP contribution in [0.1, 0.15) is 85.7 Å². The summed E-state index contributed by atoms with van der Waals surface area (Å²) in [5.41, 5.74) is 12.6. The van der Waals surface area contributed by atoms with Crippen LogP contribution in [0.2, 0.25) is 0 Å². The standard InChI is InChI=1S/C40H45N5O5S/c1-24-19-26(23-41)20-25(2)35(24)43-38(46)31-21-32-34(50-17-11-27-12-18-51-37(27)32)22-30(31)29-7-8-33(42-36(29)40(48)49-3)39(47)45-15-9-28(10-16-45)44-13-5-4-6-14-44/h7-8,12,18-22,28H,4-6,9-11,13-17,23,41H2,1-3H3,(H,43,46). The molecule has 2 fully saturated rings. The number of rotatable bonds is 7. The Morgan fingerprint density at radius 1 is 0.961 bits per heavy atom. The summed E-state index contributed by atoms with van der Waals surface area (Å²) < 4.78 is 11.5. The number of esters is 1. The number of ether oxygens (including phenoxy) is 2. The van der Waals surface area contributed by atoms with Crippen molar-refractivity contribution in [2.75, 3.05) is 45.2 Å². The normalized spacial score (nSPS) is 16.4. The van der Waals surface area contributed by atoms with Gasteiger partial charge in [0.05, 0.1) is 13.7 Å². The summed E-state index contributed by atoms with van der Waals surface area (Å²) in [6.45, 7) is 8.29. The van der Waals surface area contributed by atoms with E-state index in [0.717, 1.165) is 65.0 Å². The van der Waals surface area contributed by atoms with E-state index in [9.17, 15) is 14.4 Å². The number of hydrogen-bond acceptors (Lipinski definition) is 9. The number of anilines is 1. The van der Waals surface area contributed by atoms with Crippen molar-refractivity contribution in [2.45, 2.75) is 65.0 Å². The third kappa shape index (κ3) is 7.02. The van der Waals surface area contributed by atoms with E-state index in [1.165, 1.54) is 26.4 Å². The Morgan fingerprint density at radius 3 is 2.41 bits per heavy atom. The number of aryl methyl sites for hydroxylation is 2. The SMILES string of the molecule is COC(=O)c1nc(C(=O)N2CCC(N3CCCCC3)CC2)ccc1-c1cc2c(cc1C(=O)Nc1c(C)cc(CN)cc1C)-c1sccc1CCO2. The zero-order valence-corrected chi connectivity index (χ0v) is 30.4. The van der Waals surface area contributed by atoms with Crippen LogP contribution in [0.4, 0.5) is 5.69 Å². The molecule has 7 rings (SSSR count). The van der Waals surface area contributed by atoms with Crippen molar-refractivity contribution in [1.82, 2.24) is 14.8 Å². The fraction of sp³-hybridized carbons (Fsp3) is 0.400. The molecule has 4 aromatic rings. The van der Waals surface area contributed by atoms with E-state index in [0.29, 0.717) is 60.4 Å². The van der Waals surface area contributed by atoms with Gasteiger partial charge in [-0.15, -0.1) is 11.3 Å². The molecule has 2 saturated heterocycles. The van der Waals surface area contributed by atoms with Crippen LogP contribution in [0.25, 0.3) is 21.6 Å². The molecule has 3 aliphatic rings. The molecule has 11 heteroatoms. The number of nitrogens with zero attached hydrogens (tertiary/aromatic N) is 3. The van der Waals surface area contributed by atoms with Crippen LogP contribution in [0.5, 0.6) is 5.75 Å². The largest absolute Gasteiger partial charge is 0.493 e. The summed E-state index contributed by atoms with van der Waals surface area (Å²) in [7, 11) is 1.29. The molecule has 5 heterocycles. The topological polar surface area (TPSA) is 127 Å². The van der Waals surface area contributed by atoms with Crippen LogP contribution in [-0.2, 0) is 17.7 Å². The number of likely N-dealkylation sites (tertiary alicyclic amines) is 2. The number of hydrogen-bond donors (Lipinski definition) is 2. The molecular weight excluding hydrogens is 663 g/mol. The molecule has 0 unspecified atom stereocenters. The number of pyridine rings is 1. The molecule has 0 spiro atoms. The second-order valence-corrected chi connectivity index (χ2v) is 14.7. The van der Waals surface area contributed by atoms with Crippen molar-refractivity contribution in [3.05, 3.63) is 87.0 Å². The van der Waals surface area contributed by atoms with E-state index >= 15 is 0 Å². The minimum atomic E-state index is -0.699. The molecule has 3 N–H and O–H groups in total. The molecule has 10 nitrogen and oxygen atoms in total. The van der Waals surface area contributed by atoms with E-state index in [1.807, 2.05) is 48.4 Å². The van der Waals surface area contributed by atoms with E-state index in [-0.39, 0.29) is 23.2 Å². The molecule has 51 heavy (non-hydrogen) atoms. The molecule has 266 valence electrons. The number of amides is 2. The van der Waals surface area contributed by atoms with Gasteiger partial charge in [0.15, 0.2) is 5.69 Å². The number of nitrogens with one attached hydrogen (secondary N) is 1. The van der Waals surface area contributed by atoms with Crippen molar-refractivity contribution >= 4 is 34.8 Å². The van der Waals surface area contributed by atoms with E-state index in [2.05, 4.69) is 21.3 Å². The van der Waals surface area contributed by atoms with Crippen LogP contribution in [-0.4, -0.2) is 78.5 Å². The van der Waals surface area contributed by atoms with Crippen molar-refractivity contribution in [1.29, 1.82) is 0 Å². The van der Waals surface area contributed by atoms with Crippen molar-refractivity contribution in [2.24, 2.45) is 5.73 Å². The quantitative estimate of drug-likeness (QED) is 0.206. The fourth-order valence-electron chi connectivity index (χ4n) is 7.80. The number of benzene rings is 2. The molecule has 0 radical (unpaired) electrons. The zero-order valence-electron chi connectivity index (χ0n) is 29.5. The van der Waals surface area contributed by atoms with Crippen LogP contribution >= 0.6 is 11.3 Å². The first-order valence-electron chi connectivity index (χ1n) is 17.9. The molecule has 2 amide bonds. The number of thiophene rings is 1. The first kappa shape index (κ1) is 34.9. The van der Waals surface area contributed by atoms with E-state index in [1.54, 1.807) is 23.5 Å². The zero-order chi connectivity index (χ0) is 35.6. The van der Waals surface area contributed by atoms with Gasteiger partial charge in [-0.25, -0.2) is 9.78 Å². The van der Waals surface area contributed by atoms with Crippen molar-refractivity contribution < 1.29 is 23.9 Å². The Morgan fingerprint density at radius 2 is 1.71 bits per heavy atom. The average Bonchev–Trinajstić information content (AvgIpc) is 3.56. The molecule has 2 aromatic heterocycles. The highest BCUT2D eigenvalue weighted by Gasteiger charge is 2.31. The van der Waals surface area contributed by atoms with Crippen LogP contribution in [0.3, 0.4) is 0 Å². The Bertz CT molecular complexity index is 1950. The van der Waals surface area contributed by atoms with Gasteiger partial charge < -0.3 is 30.3 Å². The number of methoxy groups -OCH3 is 1. The van der Waals surface area contributed by atoms with Gasteiger partial charge in [0.2, 0.25) is 0 Å². The van der Waals surface area contributed by atoms with Gasteiger partial charge in [-0.2, -0.15) is 0 Å². The molecule has 0 bridgehead atoms. The minimum absolute atomic E-state index is 0.0364. The van der Waals surface area contributed by atoms with E-state index in [4.69, 9.17) is 15.2 Å². The highest BCUT2D eigenvalue weighted by Crippen LogP contribution is 2.43. The van der Waals surface area contributed by atoms with Gasteiger partial charge in [-0.05, 0) is 111 Å². The molecular formula is C40H45N5O5S. The molecule has 3 aliphatic heterocycles. The van der Waals surface area contributed by atoms with Gasteiger partial charge in [0.1, 0.15) is 11.4 Å². The Balaban J connectivity index is 1.26. The van der Waals surface area contributed by atoms with Crippen molar-refractivity contribution in [3.63, 3.8) is 0 Å². The lowest BCUT2D eigenvalue weighted by Crippen LogP contribution is -2.48. The van der Waals surface area contributed by atoms with Crippen molar-refractivity contribution in [3.8, 4) is 27.3 Å². The van der Waals surface area contributed by atoms with Crippen LogP contribution < -0.4 is 15.8 Å². The number of carbonyl (C=O) groups excluding carboxylic acids is 3. The average molecular weight is 708 g/mol. The van der Waals surface area contributed by atoms with Gasteiger partial charge in [-0.1, -0.05) is 18.6 Å². The summed E-state index contributed by atoms with van der Waals surface area (Å²) >= 11 is 1.60. The third-order valence-electron chi connectivity index (χ3n) is 10.5. The molecule has 2 aromatic carbocycles. The summed E-state index contributed by atoms with van der Waals surface area (Å²) in [6, 6.07) is 13.5. The summed E-state index contributed by atoms with van der Waals surface area (Å²) in [4.78, 5) is 51.7. The lowest BCUT2D eigenvalue weighted by atomic mass is 9.93. The fourth-order valence-corrected chi connectivity index (χ4v) is 8.78. The second kappa shape index (κ2) is 15.0. The summed E-state index contributed by atoms with van der Waals surface area (Å²) in [6.07, 6.45) is 6.34. The maximum absolute atomic E-state index is 14.4. The first-order valence-corrected chi connectivity index (χ1v) is 18.8. The van der Waals surface area contributed by atoms with Gasteiger partial charge in [-0.3, -0.25) is 9.59 Å². The number of aromatic nitrogens is 1. The molecule has 0 atom stereocenters. The lowest BCUT2D eigenvalue weighted by Gasteiger charge is -2.40. The number of nitrogens with two attached hydrogens (primary N) is 1. The Kier molecular flexibility index (Phi) is 10.2. The van der Waals surface area contributed by atoms with E-state index < -0.39 is 5.97 Å². The molecule has 0 aliphatic carbocycles. The smallest absolute Gasteiger partial charge is 0.357 e. The van der Waals surface area contributed by atoms with Gasteiger partial charge in [0, 0.05) is 64.9 Å². The monoisotopic (exact) mass is 707 g/mol. The highest BCUT2D eigenvalue weighted by atomic mass is 32.1. The predicted molar refractivity (Wildman–Crippen MR) is 200 cm³/mol. The number of carbonyl (C=O) groups is 3. The Labute approximate surface area is 303 Å². The first-order chi connectivity index (χ1) is 24.7. The number of piperidine rings is 2. The van der Waals surface area contributed by atoms with Crippen LogP contribution in [0, 0.1) is 13.8 Å². The maximum Gasteiger partial charge on any atom is 0.357 e. The Hall–Kier alpha value is -4.58. The summed E-state index contributed by atoms with van der Waals surface area (Å²) in [5.74, 6) is -0.663. The number of fused-ring (bicyclic) bond motifs is 3. The third-order valence-corrected chi connectivity index (χ3v) is 11.5. The highest BCUT2D eigenvalue weighted by molar-refractivity contribution is 7.13. The maximum atomic E-state index is 14.4. The van der Waals surface area contributed by atoms with Gasteiger partial charge in [0.25, 0.3) is 11.8 Å². The molecule has 0 saturated carbocycles. The minimum Gasteiger partial charge on any atom is -0.493 e. The summed E-state index contributed by atoms with van der Waals surface area (Å²) in [5, 5.41) is 5.19. The van der Waals surface area contributed by atoms with Gasteiger partial charge >= 0.3 is 5.97 Å². The second-order valence-electron chi connectivity index (χ2n) is 13.7. The predicted octanol–water partition coefficient (Wildman–Crippen LogP) is 6.62. The van der Waals surface area contributed by atoms with Crippen LogP contribution in [0.15, 0.2) is 47.8 Å². The lowest BCUT2D eigenvalue weighted by molar-refractivity contribution is 0.0580.